The smallest absolute Gasteiger partial charge is 0.341 e. The van der Waals surface area contributed by atoms with Crippen LogP contribution in [0.4, 0.5) is 8.78 Å². The number of aryl methyl sites for hydroxylation is 1. The van der Waals surface area contributed by atoms with E-state index in [4.69, 9.17) is 10.8 Å². The number of carboxylic acids is 1. The second-order valence-electron chi connectivity index (χ2n) is 5.93. The molecule has 0 saturated carbocycles. The van der Waals surface area contributed by atoms with Gasteiger partial charge in [-0.3, -0.25) is 4.79 Å². The highest BCUT2D eigenvalue weighted by Crippen LogP contribution is 2.22. The van der Waals surface area contributed by atoms with E-state index >= 15 is 0 Å². The van der Waals surface area contributed by atoms with E-state index in [-0.39, 0.29) is 22.9 Å². The number of nitrogens with one attached hydrogen (secondary N) is 1. The second kappa shape index (κ2) is 7.05. The predicted molar refractivity (Wildman–Crippen MR) is 93.2 cm³/mol. The van der Waals surface area contributed by atoms with Crippen LogP contribution in [-0.4, -0.2) is 16.1 Å². The summed E-state index contributed by atoms with van der Waals surface area (Å²) in [5, 5.41) is 8.63. The number of H-pyrrole nitrogens is 1. The van der Waals surface area contributed by atoms with Gasteiger partial charge in [0.1, 0.15) is 11.4 Å². The third kappa shape index (κ3) is 3.21. The second-order valence-corrected chi connectivity index (χ2v) is 5.93. The Balaban J connectivity index is 1.97. The Labute approximate surface area is 147 Å². The average Bonchev–Trinajstić information content (AvgIpc) is 2.62. The van der Waals surface area contributed by atoms with Crippen molar-refractivity contribution in [2.45, 2.75) is 19.4 Å². The summed E-state index contributed by atoms with van der Waals surface area (Å²) in [6.07, 6.45) is 1.42. The Morgan fingerprint density at radius 2 is 1.77 bits per heavy atom. The summed E-state index contributed by atoms with van der Waals surface area (Å²) in [4.78, 5) is 25.5. The summed E-state index contributed by atoms with van der Waals surface area (Å²) in [7, 11) is 0. The van der Waals surface area contributed by atoms with Crippen molar-refractivity contribution in [3.8, 4) is 0 Å². The molecule has 0 spiro atoms. The molecule has 0 aliphatic carbocycles. The number of carboxylic acid groups (broad SMARTS) is 1. The van der Waals surface area contributed by atoms with Crippen LogP contribution in [0.5, 0.6) is 0 Å². The van der Waals surface area contributed by atoms with Crippen LogP contribution in [0.2, 0.25) is 0 Å². The number of pyridine rings is 1. The first-order valence-corrected chi connectivity index (χ1v) is 7.95. The zero-order chi connectivity index (χ0) is 18.8. The maximum Gasteiger partial charge on any atom is 0.341 e. The van der Waals surface area contributed by atoms with Gasteiger partial charge in [0.25, 0.3) is 0 Å². The van der Waals surface area contributed by atoms with Crippen LogP contribution in [0.15, 0.2) is 41.3 Å². The Morgan fingerprint density at radius 1 is 1.12 bits per heavy atom. The van der Waals surface area contributed by atoms with E-state index in [1.54, 1.807) is 0 Å². The molecule has 0 bridgehead atoms. The van der Waals surface area contributed by atoms with Crippen molar-refractivity contribution in [2.75, 3.05) is 0 Å². The van der Waals surface area contributed by atoms with Crippen LogP contribution < -0.4 is 11.2 Å². The van der Waals surface area contributed by atoms with Crippen molar-refractivity contribution in [1.82, 2.24) is 4.98 Å². The quantitative estimate of drug-likeness (QED) is 0.653. The number of aromatic nitrogens is 1. The fourth-order valence-electron chi connectivity index (χ4n) is 2.83. The van der Waals surface area contributed by atoms with Crippen molar-refractivity contribution in [3.05, 3.63) is 80.6 Å². The number of aromatic carboxylic acids is 1. The van der Waals surface area contributed by atoms with E-state index < -0.39 is 28.6 Å². The first-order valence-electron chi connectivity index (χ1n) is 7.95. The minimum atomic E-state index is -1.46. The van der Waals surface area contributed by atoms with Crippen molar-refractivity contribution < 1.29 is 18.7 Å². The van der Waals surface area contributed by atoms with Crippen LogP contribution in [0, 0.1) is 11.6 Å². The number of carbonyl (C=O) groups is 1. The molecule has 0 atom stereocenters. The third-order valence-corrected chi connectivity index (χ3v) is 4.32. The molecule has 1 heterocycles. The van der Waals surface area contributed by atoms with Gasteiger partial charge in [-0.15, -0.1) is 0 Å². The molecule has 0 aliphatic rings. The number of rotatable bonds is 5. The molecule has 0 unspecified atom stereocenters. The third-order valence-electron chi connectivity index (χ3n) is 4.32. The van der Waals surface area contributed by atoms with Gasteiger partial charge in [0.15, 0.2) is 5.82 Å². The first-order chi connectivity index (χ1) is 12.4. The number of aromatic amines is 1. The highest BCUT2D eigenvalue weighted by Gasteiger charge is 2.19. The minimum Gasteiger partial charge on any atom is -0.477 e. The lowest BCUT2D eigenvalue weighted by molar-refractivity contribution is 0.0695. The molecule has 5 nitrogen and oxygen atoms in total. The van der Waals surface area contributed by atoms with Crippen molar-refractivity contribution in [2.24, 2.45) is 5.73 Å². The largest absolute Gasteiger partial charge is 0.477 e. The van der Waals surface area contributed by atoms with E-state index in [2.05, 4.69) is 4.98 Å². The molecule has 26 heavy (non-hydrogen) atoms. The van der Waals surface area contributed by atoms with E-state index in [1.807, 2.05) is 24.3 Å². The maximum atomic E-state index is 14.7. The molecule has 0 amide bonds. The highest BCUT2D eigenvalue weighted by molar-refractivity contribution is 5.92. The number of hydrogen-bond acceptors (Lipinski definition) is 3. The summed E-state index contributed by atoms with van der Waals surface area (Å²) in [5.41, 5.74) is 5.55. The summed E-state index contributed by atoms with van der Waals surface area (Å²) in [6.45, 7) is 0.417. The van der Waals surface area contributed by atoms with Crippen LogP contribution in [0.3, 0.4) is 0 Å². The van der Waals surface area contributed by atoms with E-state index in [0.29, 0.717) is 13.0 Å². The number of hydrogen-bond donors (Lipinski definition) is 3. The van der Waals surface area contributed by atoms with E-state index in [0.717, 1.165) is 23.4 Å². The van der Waals surface area contributed by atoms with E-state index in [9.17, 15) is 18.4 Å². The molecule has 134 valence electrons. The standard InChI is InChI=1S/C19H16F2N2O3/c20-15-7-13-17(23-9-14(18(13)24)19(25)26)16(21)12(15)6-5-10-1-3-11(8-22)4-2-10/h1-4,7,9H,5-6,8,22H2,(H,23,24)(H,25,26). The van der Waals surface area contributed by atoms with Gasteiger partial charge in [0, 0.05) is 18.3 Å². The minimum absolute atomic E-state index is 0.0955. The summed E-state index contributed by atoms with van der Waals surface area (Å²) >= 11 is 0. The normalized spacial score (nSPS) is 11.0. The van der Waals surface area contributed by atoms with Gasteiger partial charge in [0.05, 0.1) is 10.9 Å². The Bertz CT molecular complexity index is 1040. The fraction of sp³-hybridized carbons (Fsp3) is 0.158. The van der Waals surface area contributed by atoms with Gasteiger partial charge < -0.3 is 15.8 Å². The zero-order valence-electron chi connectivity index (χ0n) is 13.7. The SMILES string of the molecule is NCc1ccc(CCc2c(F)cc3c(=O)c(C(=O)O)c[nH]c3c2F)cc1. The Morgan fingerprint density at radius 3 is 2.38 bits per heavy atom. The lowest BCUT2D eigenvalue weighted by Crippen LogP contribution is -2.16. The topological polar surface area (TPSA) is 96.2 Å². The zero-order valence-corrected chi connectivity index (χ0v) is 13.7. The van der Waals surface area contributed by atoms with Crippen LogP contribution >= 0.6 is 0 Å². The van der Waals surface area contributed by atoms with Crippen LogP contribution in [0.1, 0.15) is 27.0 Å². The van der Waals surface area contributed by atoms with Crippen LogP contribution in [0.25, 0.3) is 10.9 Å². The molecule has 0 fully saturated rings. The lowest BCUT2D eigenvalue weighted by Gasteiger charge is -2.09. The van der Waals surface area contributed by atoms with Gasteiger partial charge in [-0.1, -0.05) is 24.3 Å². The number of fused-ring (bicyclic) bond motifs is 1. The Hall–Kier alpha value is -3.06. The van der Waals surface area contributed by atoms with Crippen molar-refractivity contribution in [3.63, 3.8) is 0 Å². The van der Waals surface area contributed by atoms with Crippen molar-refractivity contribution >= 4 is 16.9 Å². The molecular formula is C19H16F2N2O3. The van der Waals surface area contributed by atoms with Crippen LogP contribution in [-0.2, 0) is 19.4 Å². The molecular weight excluding hydrogens is 342 g/mol. The van der Waals surface area contributed by atoms with Gasteiger partial charge in [-0.2, -0.15) is 0 Å². The molecule has 7 heteroatoms. The molecule has 0 aliphatic heterocycles. The molecule has 3 rings (SSSR count). The summed E-state index contributed by atoms with van der Waals surface area (Å²) < 4.78 is 29.0. The molecule has 0 saturated heterocycles. The molecule has 4 N–H and O–H groups in total. The molecule has 1 aromatic heterocycles. The lowest BCUT2D eigenvalue weighted by atomic mass is 10.00. The van der Waals surface area contributed by atoms with Gasteiger partial charge in [-0.25, -0.2) is 13.6 Å². The van der Waals surface area contributed by atoms with E-state index in [1.165, 1.54) is 0 Å². The molecule has 0 radical (unpaired) electrons. The predicted octanol–water partition coefficient (Wildman–Crippen LogP) is 2.75. The summed E-state index contributed by atoms with van der Waals surface area (Å²) in [5.74, 6) is -3.21. The monoisotopic (exact) mass is 358 g/mol. The summed E-state index contributed by atoms with van der Waals surface area (Å²) in [6, 6.07) is 8.29. The van der Waals surface area contributed by atoms with Gasteiger partial charge >= 0.3 is 5.97 Å². The number of benzene rings is 2. The van der Waals surface area contributed by atoms with Crippen molar-refractivity contribution in [1.29, 1.82) is 0 Å². The Kier molecular flexibility index (Phi) is 4.81. The van der Waals surface area contributed by atoms with Gasteiger partial charge in [-0.05, 0) is 30.0 Å². The number of nitrogens with two attached hydrogens (primary N) is 1. The highest BCUT2D eigenvalue weighted by atomic mass is 19.1. The fourth-order valence-corrected chi connectivity index (χ4v) is 2.83. The van der Waals surface area contributed by atoms with Gasteiger partial charge in [0.2, 0.25) is 5.43 Å². The first kappa shape index (κ1) is 17.8. The maximum absolute atomic E-state index is 14.7. The average molecular weight is 358 g/mol. The molecule has 2 aromatic carbocycles. The molecule has 3 aromatic rings. The number of halogens is 2.